The molecule has 4 nitrogen and oxygen atoms in total. The molecule has 0 bridgehead atoms. The van der Waals surface area contributed by atoms with Crippen LogP contribution in [0, 0.1) is 12.3 Å². The van der Waals surface area contributed by atoms with Crippen LogP contribution in [0.1, 0.15) is 52.1 Å². The minimum atomic E-state index is 0.290. The number of fused-ring (bicyclic) bond motifs is 1. The van der Waals surface area contributed by atoms with E-state index < -0.39 is 0 Å². The number of aryl methyl sites for hydroxylation is 1. The number of hydrogen-bond donors (Lipinski definition) is 1. The zero-order valence-corrected chi connectivity index (χ0v) is 13.1. The zero-order valence-electron chi connectivity index (χ0n) is 13.1. The summed E-state index contributed by atoms with van der Waals surface area (Å²) in [4.78, 5) is 4.45. The van der Waals surface area contributed by atoms with Crippen molar-refractivity contribution in [1.29, 1.82) is 0 Å². The highest BCUT2D eigenvalue weighted by atomic mass is 15.2. The monoisotopic (exact) mass is 274 g/mol. The molecule has 4 heteroatoms. The van der Waals surface area contributed by atoms with Gasteiger partial charge in [-0.15, -0.1) is 0 Å². The number of nitrogens with one attached hydrogen (secondary N) is 1. The first-order valence-electron chi connectivity index (χ1n) is 7.57. The second-order valence-electron chi connectivity index (χ2n) is 6.37. The van der Waals surface area contributed by atoms with Crippen molar-refractivity contribution in [3.05, 3.63) is 24.2 Å². The van der Waals surface area contributed by atoms with Gasteiger partial charge in [0.15, 0.2) is 5.82 Å². The van der Waals surface area contributed by atoms with E-state index in [0.717, 1.165) is 23.6 Å². The normalized spacial score (nSPS) is 12.0. The molecule has 0 saturated heterocycles. The Kier molecular flexibility index (Phi) is 4.63. The van der Waals surface area contributed by atoms with E-state index in [4.69, 9.17) is 0 Å². The minimum Gasteiger partial charge on any atom is -0.368 e. The molecule has 2 aromatic heterocycles. The second kappa shape index (κ2) is 6.25. The highest BCUT2D eigenvalue weighted by Gasteiger charge is 2.18. The summed E-state index contributed by atoms with van der Waals surface area (Å²) < 4.78 is 1.88. The maximum Gasteiger partial charge on any atom is 0.152 e. The maximum absolute atomic E-state index is 4.45. The van der Waals surface area contributed by atoms with Gasteiger partial charge in [-0.1, -0.05) is 40.0 Å². The van der Waals surface area contributed by atoms with E-state index in [0.29, 0.717) is 5.41 Å². The molecule has 0 aliphatic rings. The molecule has 0 aliphatic heterocycles. The van der Waals surface area contributed by atoms with Gasteiger partial charge in [-0.3, -0.25) is 0 Å². The van der Waals surface area contributed by atoms with Crippen LogP contribution in [0.4, 0.5) is 5.82 Å². The lowest BCUT2D eigenvalue weighted by atomic mass is 9.87. The lowest BCUT2D eigenvalue weighted by Crippen LogP contribution is -2.23. The van der Waals surface area contributed by atoms with Crippen molar-refractivity contribution in [3.63, 3.8) is 0 Å². The van der Waals surface area contributed by atoms with Crippen molar-refractivity contribution in [2.45, 2.75) is 53.4 Å². The Morgan fingerprint density at radius 3 is 2.85 bits per heavy atom. The number of nitrogens with zero attached hydrogens (tertiary/aromatic N) is 3. The SMILES string of the molecule is CCCCCC(C)(C)CNc1nccn2nc(C)cc12. The summed E-state index contributed by atoms with van der Waals surface area (Å²) in [6.45, 7) is 9.83. The molecule has 0 aromatic carbocycles. The predicted octanol–water partition coefficient (Wildman–Crippen LogP) is 4.06. The van der Waals surface area contributed by atoms with Crippen LogP contribution in [0.3, 0.4) is 0 Å². The van der Waals surface area contributed by atoms with Crippen molar-refractivity contribution in [2.75, 3.05) is 11.9 Å². The molecular formula is C16H26N4. The van der Waals surface area contributed by atoms with Crippen LogP contribution in [0.5, 0.6) is 0 Å². The van der Waals surface area contributed by atoms with Crippen molar-refractivity contribution < 1.29 is 0 Å². The smallest absolute Gasteiger partial charge is 0.152 e. The van der Waals surface area contributed by atoms with Gasteiger partial charge in [-0.05, 0) is 24.8 Å². The van der Waals surface area contributed by atoms with Crippen LogP contribution in [0.2, 0.25) is 0 Å². The first kappa shape index (κ1) is 14.8. The molecule has 20 heavy (non-hydrogen) atoms. The number of aromatic nitrogens is 3. The third-order valence-electron chi connectivity index (χ3n) is 3.70. The van der Waals surface area contributed by atoms with Crippen LogP contribution in [0.15, 0.2) is 18.5 Å². The molecule has 1 N–H and O–H groups in total. The van der Waals surface area contributed by atoms with E-state index in [9.17, 15) is 0 Å². The average molecular weight is 274 g/mol. The van der Waals surface area contributed by atoms with E-state index in [1.807, 2.05) is 17.6 Å². The van der Waals surface area contributed by atoms with Crippen LogP contribution >= 0.6 is 0 Å². The van der Waals surface area contributed by atoms with E-state index >= 15 is 0 Å². The molecule has 0 aliphatic carbocycles. The number of unbranched alkanes of at least 4 members (excludes halogenated alkanes) is 2. The van der Waals surface area contributed by atoms with Crippen molar-refractivity contribution in [3.8, 4) is 0 Å². The molecular weight excluding hydrogens is 248 g/mol. The van der Waals surface area contributed by atoms with Crippen molar-refractivity contribution in [1.82, 2.24) is 14.6 Å². The Labute approximate surface area is 121 Å². The zero-order chi connectivity index (χ0) is 14.6. The number of hydrogen-bond acceptors (Lipinski definition) is 3. The summed E-state index contributed by atoms with van der Waals surface area (Å²) in [6, 6.07) is 2.07. The van der Waals surface area contributed by atoms with E-state index in [1.165, 1.54) is 25.7 Å². The van der Waals surface area contributed by atoms with Gasteiger partial charge in [0.1, 0.15) is 5.52 Å². The summed E-state index contributed by atoms with van der Waals surface area (Å²) in [7, 11) is 0. The van der Waals surface area contributed by atoms with Gasteiger partial charge in [0, 0.05) is 18.9 Å². The van der Waals surface area contributed by atoms with Crippen LogP contribution in [0.25, 0.3) is 5.52 Å². The Balaban J connectivity index is 2.01. The third kappa shape index (κ3) is 3.71. The molecule has 0 unspecified atom stereocenters. The van der Waals surface area contributed by atoms with Gasteiger partial charge in [0.2, 0.25) is 0 Å². The van der Waals surface area contributed by atoms with Gasteiger partial charge >= 0.3 is 0 Å². The van der Waals surface area contributed by atoms with Crippen molar-refractivity contribution in [2.24, 2.45) is 5.41 Å². The van der Waals surface area contributed by atoms with Gasteiger partial charge in [-0.2, -0.15) is 5.10 Å². The van der Waals surface area contributed by atoms with E-state index in [-0.39, 0.29) is 0 Å². The fraction of sp³-hybridized carbons (Fsp3) is 0.625. The molecule has 0 spiro atoms. The fourth-order valence-corrected chi connectivity index (χ4v) is 2.45. The highest BCUT2D eigenvalue weighted by Crippen LogP contribution is 2.25. The van der Waals surface area contributed by atoms with Crippen LogP contribution in [-0.4, -0.2) is 21.1 Å². The van der Waals surface area contributed by atoms with Gasteiger partial charge < -0.3 is 5.32 Å². The molecule has 110 valence electrons. The molecule has 0 radical (unpaired) electrons. The van der Waals surface area contributed by atoms with E-state index in [1.54, 1.807) is 6.20 Å². The van der Waals surface area contributed by atoms with Crippen molar-refractivity contribution >= 4 is 11.3 Å². The Bertz CT molecular complexity index is 557. The third-order valence-corrected chi connectivity index (χ3v) is 3.70. The lowest BCUT2D eigenvalue weighted by molar-refractivity contribution is 0.342. The molecule has 2 aromatic rings. The fourth-order valence-electron chi connectivity index (χ4n) is 2.45. The molecule has 2 rings (SSSR count). The first-order chi connectivity index (χ1) is 9.52. The van der Waals surface area contributed by atoms with Crippen LogP contribution in [-0.2, 0) is 0 Å². The molecule has 0 fully saturated rings. The number of rotatable bonds is 7. The Morgan fingerprint density at radius 2 is 2.10 bits per heavy atom. The number of anilines is 1. The summed E-state index contributed by atoms with van der Waals surface area (Å²) >= 11 is 0. The van der Waals surface area contributed by atoms with Gasteiger partial charge in [-0.25, -0.2) is 9.50 Å². The molecule has 0 amide bonds. The Morgan fingerprint density at radius 1 is 1.30 bits per heavy atom. The van der Waals surface area contributed by atoms with Gasteiger partial charge in [0.05, 0.1) is 5.69 Å². The quantitative estimate of drug-likeness (QED) is 0.774. The Hall–Kier alpha value is -1.58. The summed E-state index contributed by atoms with van der Waals surface area (Å²) in [5, 5.41) is 7.91. The predicted molar refractivity (Wildman–Crippen MR) is 84.1 cm³/mol. The largest absolute Gasteiger partial charge is 0.368 e. The first-order valence-corrected chi connectivity index (χ1v) is 7.57. The van der Waals surface area contributed by atoms with E-state index in [2.05, 4.69) is 42.2 Å². The topological polar surface area (TPSA) is 42.2 Å². The van der Waals surface area contributed by atoms with Gasteiger partial charge in [0.25, 0.3) is 0 Å². The highest BCUT2D eigenvalue weighted by molar-refractivity contribution is 5.67. The maximum atomic E-state index is 4.45. The summed E-state index contributed by atoms with van der Waals surface area (Å²) in [6.07, 6.45) is 8.83. The summed E-state index contributed by atoms with van der Waals surface area (Å²) in [5.41, 5.74) is 2.36. The standard InChI is InChI=1S/C16H26N4/c1-5-6-7-8-16(3,4)12-18-15-14-11-13(2)19-20(14)10-9-17-15/h9-11H,5-8,12H2,1-4H3,(H,17,18). The molecule has 0 saturated carbocycles. The average Bonchev–Trinajstić information content (AvgIpc) is 2.77. The molecule has 0 atom stereocenters. The summed E-state index contributed by atoms with van der Waals surface area (Å²) in [5.74, 6) is 0.927. The second-order valence-corrected chi connectivity index (χ2v) is 6.37. The minimum absolute atomic E-state index is 0.290. The van der Waals surface area contributed by atoms with Crippen LogP contribution < -0.4 is 5.32 Å². The lowest BCUT2D eigenvalue weighted by Gasteiger charge is -2.25. The molecule has 2 heterocycles.